The van der Waals surface area contributed by atoms with Crippen LogP contribution in [0.25, 0.3) is 0 Å². The quantitative estimate of drug-likeness (QED) is 0.690. The highest BCUT2D eigenvalue weighted by Crippen LogP contribution is 2.22. The molecule has 74 valence electrons. The van der Waals surface area contributed by atoms with Gasteiger partial charge in [0.1, 0.15) is 0 Å². The maximum Gasteiger partial charge on any atom is 0.0821 e. The summed E-state index contributed by atoms with van der Waals surface area (Å²) < 4.78 is 0. The zero-order valence-electron chi connectivity index (χ0n) is 8.31. The molecule has 2 aromatic rings. The van der Waals surface area contributed by atoms with Crippen LogP contribution in [0.1, 0.15) is 16.0 Å². The van der Waals surface area contributed by atoms with Gasteiger partial charge in [0.2, 0.25) is 0 Å². The lowest BCUT2D eigenvalue weighted by atomic mass is 9.97. The molecule has 1 nitrogen and oxygen atoms in total. The van der Waals surface area contributed by atoms with Gasteiger partial charge in [-0.25, -0.2) is 0 Å². The Hall–Kier alpha value is -1.41. The third-order valence-corrected chi connectivity index (χ3v) is 3.55. The smallest absolute Gasteiger partial charge is 0.0821 e. The van der Waals surface area contributed by atoms with E-state index < -0.39 is 0 Å². The third-order valence-electron chi connectivity index (χ3n) is 2.68. The van der Waals surface area contributed by atoms with Gasteiger partial charge in [0, 0.05) is 12.1 Å². The number of aliphatic imine (C=N–C) groups is 1. The molecule has 0 radical (unpaired) electrons. The summed E-state index contributed by atoms with van der Waals surface area (Å²) in [6.07, 6.45) is 1.07. The van der Waals surface area contributed by atoms with Crippen LogP contribution in [0.4, 0.5) is 0 Å². The van der Waals surface area contributed by atoms with Crippen molar-refractivity contribution in [3.63, 3.8) is 0 Å². The normalized spacial score (nSPS) is 14.5. The second-order valence-electron chi connectivity index (χ2n) is 3.61. The van der Waals surface area contributed by atoms with Crippen LogP contribution in [0.2, 0.25) is 0 Å². The van der Waals surface area contributed by atoms with E-state index >= 15 is 0 Å². The lowest BCUT2D eigenvalue weighted by Crippen LogP contribution is -2.12. The van der Waals surface area contributed by atoms with Gasteiger partial charge in [-0.05, 0) is 23.4 Å². The minimum atomic E-state index is 0.921. The molecule has 0 N–H and O–H groups in total. The number of rotatable bonds is 1. The van der Waals surface area contributed by atoms with E-state index in [0.717, 1.165) is 13.0 Å². The van der Waals surface area contributed by atoms with Gasteiger partial charge in [-0.3, -0.25) is 4.99 Å². The molecule has 3 rings (SSSR count). The summed E-state index contributed by atoms with van der Waals surface area (Å²) in [4.78, 5) is 5.92. The van der Waals surface area contributed by atoms with Crippen molar-refractivity contribution in [2.45, 2.75) is 6.42 Å². The molecule has 2 heteroatoms. The first kappa shape index (κ1) is 8.86. The van der Waals surface area contributed by atoms with Crippen molar-refractivity contribution in [1.82, 2.24) is 0 Å². The Morgan fingerprint density at radius 3 is 2.87 bits per heavy atom. The maximum absolute atomic E-state index is 4.64. The number of benzene rings is 1. The Morgan fingerprint density at radius 1 is 1.07 bits per heavy atom. The van der Waals surface area contributed by atoms with E-state index in [9.17, 15) is 0 Å². The second kappa shape index (κ2) is 3.63. The zero-order chi connectivity index (χ0) is 10.1. The van der Waals surface area contributed by atoms with Crippen molar-refractivity contribution in [2.24, 2.45) is 4.99 Å². The fourth-order valence-corrected chi connectivity index (χ4v) is 2.71. The van der Waals surface area contributed by atoms with Gasteiger partial charge in [-0.15, -0.1) is 11.3 Å². The first-order valence-corrected chi connectivity index (χ1v) is 6.00. The predicted molar refractivity (Wildman–Crippen MR) is 65.0 cm³/mol. The average molecular weight is 213 g/mol. The molecule has 15 heavy (non-hydrogen) atoms. The molecule has 1 aromatic carbocycles. The van der Waals surface area contributed by atoms with Gasteiger partial charge < -0.3 is 0 Å². The first-order chi connectivity index (χ1) is 7.45. The van der Waals surface area contributed by atoms with Crippen molar-refractivity contribution >= 4 is 17.0 Å². The highest BCUT2D eigenvalue weighted by atomic mass is 32.1. The largest absolute Gasteiger partial charge is 0.283 e. The van der Waals surface area contributed by atoms with Crippen molar-refractivity contribution in [2.75, 3.05) is 6.54 Å². The van der Waals surface area contributed by atoms with Crippen LogP contribution in [0.5, 0.6) is 0 Å². The van der Waals surface area contributed by atoms with E-state index in [1.54, 1.807) is 11.3 Å². The molecule has 0 saturated heterocycles. The molecule has 1 aliphatic rings. The number of nitrogens with zero attached hydrogens (tertiary/aromatic N) is 1. The Labute approximate surface area is 93.1 Å². The van der Waals surface area contributed by atoms with Crippen LogP contribution >= 0.6 is 11.3 Å². The zero-order valence-corrected chi connectivity index (χ0v) is 9.13. The molecule has 0 fully saturated rings. The molecule has 1 aromatic heterocycles. The van der Waals surface area contributed by atoms with Gasteiger partial charge in [-0.1, -0.05) is 30.3 Å². The van der Waals surface area contributed by atoms with Crippen molar-refractivity contribution < 1.29 is 0 Å². The minimum Gasteiger partial charge on any atom is -0.283 e. The summed E-state index contributed by atoms with van der Waals surface area (Å²) in [5, 5.41) is 2.11. The van der Waals surface area contributed by atoms with E-state index in [-0.39, 0.29) is 0 Å². The van der Waals surface area contributed by atoms with Gasteiger partial charge in [0.05, 0.1) is 10.6 Å². The molecule has 0 spiro atoms. The Morgan fingerprint density at radius 2 is 2.00 bits per heavy atom. The van der Waals surface area contributed by atoms with Gasteiger partial charge in [0.25, 0.3) is 0 Å². The Bertz CT molecular complexity index is 497. The highest BCUT2D eigenvalue weighted by molar-refractivity contribution is 7.12. The number of thiophene rings is 1. The van der Waals surface area contributed by atoms with Gasteiger partial charge in [0.15, 0.2) is 0 Å². The minimum absolute atomic E-state index is 0.921. The SMILES string of the molecule is c1csc(C2=NCCc3ccccc32)c1. The highest BCUT2D eigenvalue weighted by Gasteiger charge is 2.15. The van der Waals surface area contributed by atoms with Crippen LogP contribution in [-0.2, 0) is 6.42 Å². The van der Waals surface area contributed by atoms with E-state index in [2.05, 4.69) is 46.8 Å². The van der Waals surface area contributed by atoms with E-state index in [1.165, 1.54) is 21.7 Å². The molecule has 0 aliphatic carbocycles. The summed E-state index contributed by atoms with van der Waals surface area (Å²) in [7, 11) is 0. The fraction of sp³-hybridized carbons (Fsp3) is 0.154. The second-order valence-corrected chi connectivity index (χ2v) is 4.56. The van der Waals surface area contributed by atoms with Crippen LogP contribution in [0.15, 0.2) is 46.8 Å². The maximum atomic E-state index is 4.64. The summed E-state index contributed by atoms with van der Waals surface area (Å²) in [6, 6.07) is 12.8. The van der Waals surface area contributed by atoms with Gasteiger partial charge in [-0.2, -0.15) is 0 Å². The van der Waals surface area contributed by atoms with E-state index in [4.69, 9.17) is 0 Å². The third kappa shape index (κ3) is 1.51. The summed E-state index contributed by atoms with van der Waals surface area (Å²) in [5.74, 6) is 0. The number of fused-ring (bicyclic) bond motifs is 1. The average Bonchev–Trinajstić information content (AvgIpc) is 2.82. The molecule has 0 atom stereocenters. The standard InChI is InChI=1S/C13H11NS/c1-2-5-11-10(4-1)7-8-14-13(11)12-6-3-9-15-12/h1-6,9H,7-8H2. The van der Waals surface area contributed by atoms with E-state index in [0.29, 0.717) is 0 Å². The van der Waals surface area contributed by atoms with Crippen molar-refractivity contribution in [3.8, 4) is 0 Å². The summed E-state index contributed by atoms with van der Waals surface area (Å²) in [5.41, 5.74) is 3.91. The topological polar surface area (TPSA) is 12.4 Å². The molecular formula is C13H11NS. The predicted octanol–water partition coefficient (Wildman–Crippen LogP) is 3.14. The summed E-state index contributed by atoms with van der Waals surface area (Å²) in [6.45, 7) is 0.921. The van der Waals surface area contributed by atoms with Crippen LogP contribution in [-0.4, -0.2) is 12.3 Å². The lowest BCUT2D eigenvalue weighted by Gasteiger charge is -2.15. The molecule has 0 bridgehead atoms. The van der Waals surface area contributed by atoms with Crippen molar-refractivity contribution in [1.29, 1.82) is 0 Å². The molecule has 0 amide bonds. The first-order valence-electron chi connectivity index (χ1n) is 5.12. The fourth-order valence-electron chi connectivity index (χ4n) is 1.97. The van der Waals surface area contributed by atoms with Gasteiger partial charge >= 0.3 is 0 Å². The molecule has 0 unspecified atom stereocenters. The summed E-state index contributed by atoms with van der Waals surface area (Å²) >= 11 is 1.76. The Kier molecular flexibility index (Phi) is 2.14. The molecular weight excluding hydrogens is 202 g/mol. The number of hydrogen-bond acceptors (Lipinski definition) is 2. The molecule has 1 aliphatic heterocycles. The molecule has 0 saturated carbocycles. The Balaban J connectivity index is 2.15. The van der Waals surface area contributed by atoms with Crippen molar-refractivity contribution in [3.05, 3.63) is 57.8 Å². The van der Waals surface area contributed by atoms with Crippen LogP contribution in [0.3, 0.4) is 0 Å². The lowest BCUT2D eigenvalue weighted by molar-refractivity contribution is 0.945. The van der Waals surface area contributed by atoms with E-state index in [1.807, 2.05) is 0 Å². The molecule has 2 heterocycles. The van der Waals surface area contributed by atoms with Crippen LogP contribution in [0, 0.1) is 0 Å². The monoisotopic (exact) mass is 213 g/mol. The number of hydrogen-bond donors (Lipinski definition) is 0. The van der Waals surface area contributed by atoms with Crippen LogP contribution < -0.4 is 0 Å².